The average Bonchev–Trinajstić information content (AvgIpc) is 2.67. The molecule has 0 atom stereocenters. The highest BCUT2D eigenvalue weighted by atomic mass is 16.5. The monoisotopic (exact) mass is 349 g/mol. The molecule has 8 heteroatoms. The van der Waals surface area contributed by atoms with Gasteiger partial charge in [-0.1, -0.05) is 18.2 Å². The van der Waals surface area contributed by atoms with Gasteiger partial charge in [0.25, 0.3) is 5.56 Å². The number of aromatic amines is 1. The maximum Gasteiger partial charge on any atom is 0.343 e. The second kappa shape index (κ2) is 7.84. The molecular formula is C18H15N5O3. The molecule has 0 unspecified atom stereocenters. The van der Waals surface area contributed by atoms with Crippen LogP contribution in [-0.2, 0) is 0 Å². The van der Waals surface area contributed by atoms with Gasteiger partial charge < -0.3 is 4.74 Å². The number of aryl methyl sites for hydroxylation is 1. The van der Waals surface area contributed by atoms with E-state index >= 15 is 0 Å². The number of nitrogens with zero attached hydrogens (tertiary/aromatic N) is 3. The van der Waals surface area contributed by atoms with Gasteiger partial charge in [-0.2, -0.15) is 5.10 Å². The third kappa shape index (κ3) is 4.38. The Morgan fingerprint density at radius 2 is 1.85 bits per heavy atom. The van der Waals surface area contributed by atoms with E-state index in [2.05, 4.69) is 25.7 Å². The first kappa shape index (κ1) is 17.0. The van der Waals surface area contributed by atoms with Crippen LogP contribution in [0.4, 0.5) is 5.95 Å². The van der Waals surface area contributed by atoms with Crippen LogP contribution in [0.15, 0.2) is 64.5 Å². The standard InChI is InChI=1S/C18H15N5O3/c1-12-16(24)20-18(23-21-12)22-19-11-13-7-9-15(10-8-13)26-17(25)14-5-3-2-4-6-14/h2-11H,1H3,(H2,20,22,23,24)/b19-11+. The number of benzene rings is 2. The number of anilines is 1. The highest BCUT2D eigenvalue weighted by Gasteiger charge is 2.07. The minimum Gasteiger partial charge on any atom is -0.423 e. The van der Waals surface area contributed by atoms with E-state index in [0.717, 1.165) is 5.56 Å². The number of ether oxygens (including phenoxy) is 1. The van der Waals surface area contributed by atoms with E-state index in [1.54, 1.807) is 55.5 Å². The number of H-pyrrole nitrogens is 1. The zero-order valence-corrected chi connectivity index (χ0v) is 13.8. The summed E-state index contributed by atoms with van der Waals surface area (Å²) in [5, 5.41) is 11.4. The van der Waals surface area contributed by atoms with E-state index in [0.29, 0.717) is 11.3 Å². The van der Waals surface area contributed by atoms with Gasteiger partial charge in [-0.05, 0) is 48.9 Å². The summed E-state index contributed by atoms with van der Waals surface area (Å²) in [6.07, 6.45) is 1.53. The van der Waals surface area contributed by atoms with Gasteiger partial charge in [-0.3, -0.25) is 9.78 Å². The van der Waals surface area contributed by atoms with Crippen LogP contribution in [0, 0.1) is 6.92 Å². The van der Waals surface area contributed by atoms with Crippen LogP contribution in [0.1, 0.15) is 21.6 Å². The number of esters is 1. The summed E-state index contributed by atoms with van der Waals surface area (Å²) in [7, 11) is 0. The maximum atomic E-state index is 12.0. The van der Waals surface area contributed by atoms with Crippen LogP contribution in [0.2, 0.25) is 0 Å². The second-order valence-corrected chi connectivity index (χ2v) is 5.28. The topological polar surface area (TPSA) is 109 Å². The lowest BCUT2D eigenvalue weighted by Gasteiger charge is -2.04. The van der Waals surface area contributed by atoms with Crippen molar-refractivity contribution in [3.63, 3.8) is 0 Å². The molecule has 0 bridgehead atoms. The molecule has 0 saturated carbocycles. The second-order valence-electron chi connectivity index (χ2n) is 5.28. The van der Waals surface area contributed by atoms with E-state index in [-0.39, 0.29) is 17.2 Å². The van der Waals surface area contributed by atoms with Crippen LogP contribution >= 0.6 is 0 Å². The minimum atomic E-state index is -0.421. The highest BCUT2D eigenvalue weighted by molar-refractivity contribution is 5.91. The Morgan fingerprint density at radius 3 is 2.54 bits per heavy atom. The molecule has 1 heterocycles. The smallest absolute Gasteiger partial charge is 0.343 e. The molecule has 130 valence electrons. The van der Waals surface area contributed by atoms with E-state index in [9.17, 15) is 9.59 Å². The van der Waals surface area contributed by atoms with Crippen molar-refractivity contribution in [1.82, 2.24) is 15.2 Å². The van der Waals surface area contributed by atoms with Crippen molar-refractivity contribution in [1.29, 1.82) is 0 Å². The number of hydrazone groups is 1. The summed E-state index contributed by atoms with van der Waals surface area (Å²) in [4.78, 5) is 25.9. The molecule has 26 heavy (non-hydrogen) atoms. The maximum absolute atomic E-state index is 12.0. The molecule has 0 aliphatic heterocycles. The molecule has 3 aromatic rings. The van der Waals surface area contributed by atoms with Crippen molar-refractivity contribution >= 4 is 18.1 Å². The van der Waals surface area contributed by atoms with E-state index in [1.165, 1.54) is 6.21 Å². The summed E-state index contributed by atoms with van der Waals surface area (Å²) in [5.74, 6) is 0.151. The molecule has 2 aromatic carbocycles. The molecule has 0 aliphatic carbocycles. The molecule has 2 N–H and O–H groups in total. The van der Waals surface area contributed by atoms with E-state index in [4.69, 9.17) is 4.74 Å². The van der Waals surface area contributed by atoms with Crippen molar-refractivity contribution < 1.29 is 9.53 Å². The number of rotatable bonds is 5. The Bertz CT molecular complexity index is 982. The molecule has 0 radical (unpaired) electrons. The minimum absolute atomic E-state index is 0.144. The summed E-state index contributed by atoms with van der Waals surface area (Å²) in [6.45, 7) is 1.56. The quantitative estimate of drug-likeness (QED) is 0.316. The third-order valence-electron chi connectivity index (χ3n) is 3.34. The number of aromatic nitrogens is 3. The van der Waals surface area contributed by atoms with Gasteiger partial charge in [0.1, 0.15) is 11.4 Å². The van der Waals surface area contributed by atoms with Crippen LogP contribution in [0.25, 0.3) is 0 Å². The van der Waals surface area contributed by atoms with E-state index in [1.807, 2.05) is 6.07 Å². The SMILES string of the molecule is Cc1nnc(N/N=C/c2ccc(OC(=O)c3ccccc3)cc2)[nH]c1=O. The van der Waals surface area contributed by atoms with Crippen LogP contribution in [-0.4, -0.2) is 27.4 Å². The molecule has 0 aliphatic rings. The van der Waals surface area contributed by atoms with Gasteiger partial charge in [0, 0.05) is 0 Å². The summed E-state index contributed by atoms with van der Waals surface area (Å²) in [5.41, 5.74) is 3.78. The largest absolute Gasteiger partial charge is 0.423 e. The number of hydrogen-bond donors (Lipinski definition) is 2. The molecule has 8 nitrogen and oxygen atoms in total. The van der Waals surface area contributed by atoms with Crippen molar-refractivity contribution in [2.45, 2.75) is 6.92 Å². The summed E-state index contributed by atoms with van der Waals surface area (Å²) < 4.78 is 5.30. The van der Waals surface area contributed by atoms with Gasteiger partial charge in [-0.25, -0.2) is 10.2 Å². The molecule has 0 amide bonds. The zero-order chi connectivity index (χ0) is 18.4. The van der Waals surface area contributed by atoms with Gasteiger partial charge in [0.2, 0.25) is 5.95 Å². The normalized spacial score (nSPS) is 10.7. The molecule has 0 saturated heterocycles. The zero-order valence-electron chi connectivity index (χ0n) is 13.8. The van der Waals surface area contributed by atoms with Crippen LogP contribution < -0.4 is 15.7 Å². The van der Waals surface area contributed by atoms with Crippen molar-refractivity contribution in [3.05, 3.63) is 81.8 Å². The van der Waals surface area contributed by atoms with Crippen LogP contribution in [0.3, 0.4) is 0 Å². The lowest BCUT2D eigenvalue weighted by molar-refractivity contribution is 0.0735. The number of carbonyl (C=O) groups is 1. The van der Waals surface area contributed by atoms with Gasteiger partial charge in [0.15, 0.2) is 0 Å². The number of nitrogens with one attached hydrogen (secondary N) is 2. The first-order chi connectivity index (χ1) is 12.6. The molecule has 0 fully saturated rings. The first-order valence-corrected chi connectivity index (χ1v) is 7.72. The highest BCUT2D eigenvalue weighted by Crippen LogP contribution is 2.13. The number of hydrogen-bond acceptors (Lipinski definition) is 7. The summed E-state index contributed by atoms with van der Waals surface area (Å²) >= 11 is 0. The Balaban J connectivity index is 1.59. The fourth-order valence-electron chi connectivity index (χ4n) is 1.97. The first-order valence-electron chi connectivity index (χ1n) is 7.72. The van der Waals surface area contributed by atoms with Gasteiger partial charge in [-0.15, -0.1) is 10.2 Å². The number of carbonyl (C=O) groups excluding carboxylic acids is 1. The predicted molar refractivity (Wildman–Crippen MR) is 96.4 cm³/mol. The Hall–Kier alpha value is -3.81. The average molecular weight is 349 g/mol. The van der Waals surface area contributed by atoms with E-state index < -0.39 is 5.97 Å². The van der Waals surface area contributed by atoms with Crippen LogP contribution in [0.5, 0.6) is 5.75 Å². The fourth-order valence-corrected chi connectivity index (χ4v) is 1.97. The molecular weight excluding hydrogens is 334 g/mol. The van der Waals surface area contributed by atoms with Gasteiger partial charge >= 0.3 is 5.97 Å². The molecule has 0 spiro atoms. The van der Waals surface area contributed by atoms with Crippen molar-refractivity contribution in [3.8, 4) is 5.75 Å². The molecule has 1 aromatic heterocycles. The summed E-state index contributed by atoms with van der Waals surface area (Å²) in [6, 6.07) is 15.6. The van der Waals surface area contributed by atoms with Gasteiger partial charge in [0.05, 0.1) is 11.8 Å². The predicted octanol–water partition coefficient (Wildman–Crippen LogP) is 2.14. The Labute approximate surface area is 148 Å². The molecule has 3 rings (SSSR count). The third-order valence-corrected chi connectivity index (χ3v) is 3.34. The lowest BCUT2D eigenvalue weighted by atomic mass is 10.2. The Morgan fingerprint density at radius 1 is 1.12 bits per heavy atom. The van der Waals surface area contributed by atoms with Crippen molar-refractivity contribution in [2.24, 2.45) is 5.10 Å². The van der Waals surface area contributed by atoms with Crippen molar-refractivity contribution in [2.75, 3.05) is 5.43 Å². The lowest BCUT2D eigenvalue weighted by Crippen LogP contribution is -2.15. The Kier molecular flexibility index (Phi) is 5.14. The fraction of sp³-hybridized carbons (Fsp3) is 0.0556.